The molecule has 8 aliphatic rings. The molecule has 1 N–H and O–H groups in total. The third-order valence-electron chi connectivity index (χ3n) is 15.1. The van der Waals surface area contributed by atoms with Crippen LogP contribution in [0.15, 0.2) is 48.0 Å². The number of rotatable bonds is 1. The number of hydrogen-bond donors (Lipinski definition) is 1. The van der Waals surface area contributed by atoms with Gasteiger partial charge in [-0.1, -0.05) is 29.8 Å². The SMILES string of the molecule is C/C=C1/CN2[C@@H]3C[C@H]1[C@@H](CO)[C@@H]2Cc1c3n(C)c2ccc3c(c12)C[C@H]1[C@@H]2C[C@H]4c5c(c6ccccc6n5C)C[C@@H]([C@@H]2CO[C@@]1(C)O3)N4C. The molecule has 0 aliphatic carbocycles. The number of aryl methyl sites for hydroxylation is 2. The first-order valence-electron chi connectivity index (χ1n) is 18.6. The van der Waals surface area contributed by atoms with Crippen molar-refractivity contribution in [3.8, 4) is 5.75 Å². The van der Waals surface area contributed by atoms with Gasteiger partial charge in [0.1, 0.15) is 5.75 Å². The molecule has 12 rings (SSSR count). The molecule has 0 saturated carbocycles. The zero-order valence-corrected chi connectivity index (χ0v) is 28.9. The van der Waals surface area contributed by atoms with Crippen LogP contribution in [-0.2, 0) is 38.1 Å². The highest BCUT2D eigenvalue weighted by atomic mass is 16.7. The number of nitrogens with zero attached hydrogens (tertiary/aromatic N) is 4. The van der Waals surface area contributed by atoms with Gasteiger partial charge in [-0.25, -0.2) is 0 Å². The van der Waals surface area contributed by atoms with Crippen molar-refractivity contribution < 1.29 is 14.6 Å². The van der Waals surface area contributed by atoms with Crippen LogP contribution in [0.2, 0.25) is 0 Å². The zero-order valence-electron chi connectivity index (χ0n) is 28.9. The standard InChI is InChI=1S/C41H48N4O3/c1-6-21-18-45-34-17-27-38-26-13-30-24-15-35-39-25(22-9-7-8-10-31(22)43(39)4)16-33(42(35)3)29(24)20-47-41(30,2)48-37(26)12-11-32(38)44(5)40(27)36(45)14-23(21)28(34)19-46/h6-12,23-24,28-30,33-36,46H,13-20H2,1-5H3/b21-6-/t23-,24-,28-,29-,30+,33+,34+,35+,36-,41+/m1/s1. The lowest BCUT2D eigenvalue weighted by atomic mass is 9.61. The van der Waals surface area contributed by atoms with Crippen LogP contribution in [0.25, 0.3) is 21.8 Å². The summed E-state index contributed by atoms with van der Waals surface area (Å²) in [5.74, 6) is 2.52. The van der Waals surface area contributed by atoms with Crippen molar-refractivity contribution in [1.82, 2.24) is 18.9 Å². The second-order valence-corrected chi connectivity index (χ2v) is 16.6. The lowest BCUT2D eigenvalue weighted by Gasteiger charge is -2.59. The number of aromatic nitrogens is 2. The molecular formula is C41H48N4O3. The highest BCUT2D eigenvalue weighted by molar-refractivity contribution is 5.92. The zero-order chi connectivity index (χ0) is 32.4. The maximum absolute atomic E-state index is 10.7. The van der Waals surface area contributed by atoms with Crippen LogP contribution in [-0.4, -0.2) is 68.7 Å². The number of benzene rings is 2. The van der Waals surface area contributed by atoms with E-state index in [1.54, 1.807) is 5.56 Å². The third-order valence-corrected chi connectivity index (χ3v) is 15.1. The molecule has 48 heavy (non-hydrogen) atoms. The minimum Gasteiger partial charge on any atom is -0.462 e. The lowest BCUT2D eigenvalue weighted by molar-refractivity contribution is -0.280. The van der Waals surface area contributed by atoms with Crippen LogP contribution in [0.1, 0.15) is 66.9 Å². The van der Waals surface area contributed by atoms with E-state index in [2.05, 4.69) is 96.4 Å². The van der Waals surface area contributed by atoms with Crippen LogP contribution in [0.4, 0.5) is 0 Å². The maximum atomic E-state index is 10.7. The van der Waals surface area contributed by atoms with Gasteiger partial charge in [0.2, 0.25) is 5.79 Å². The van der Waals surface area contributed by atoms with Gasteiger partial charge in [-0.15, -0.1) is 0 Å². The first-order valence-corrected chi connectivity index (χ1v) is 18.6. The molecule has 11 atom stereocenters. The van der Waals surface area contributed by atoms with Crippen LogP contribution in [0.3, 0.4) is 0 Å². The molecule has 7 nitrogen and oxygen atoms in total. The number of likely N-dealkylation sites (N-methyl/N-ethyl adjacent to an activating group) is 1. The molecule has 2 aromatic heterocycles. The highest BCUT2D eigenvalue weighted by Gasteiger charge is 2.59. The molecule has 4 aromatic rings. The van der Waals surface area contributed by atoms with Crippen molar-refractivity contribution in [2.45, 2.75) is 75.9 Å². The third kappa shape index (κ3) is 3.35. The molecule has 1 unspecified atom stereocenters. The largest absolute Gasteiger partial charge is 0.462 e. The number of piperidine rings is 4. The summed E-state index contributed by atoms with van der Waals surface area (Å²) in [6.07, 6.45) is 7.68. The van der Waals surface area contributed by atoms with Crippen molar-refractivity contribution in [3.63, 3.8) is 0 Å². The molecule has 0 amide bonds. The Labute approximate surface area is 283 Å². The van der Waals surface area contributed by atoms with Gasteiger partial charge in [0.15, 0.2) is 0 Å². The van der Waals surface area contributed by atoms with E-state index in [1.165, 1.54) is 49.9 Å². The number of allylic oxidation sites excluding steroid dienone is 1. The van der Waals surface area contributed by atoms with E-state index in [0.717, 1.165) is 51.0 Å². The van der Waals surface area contributed by atoms with Gasteiger partial charge in [-0.05, 0) is 87.2 Å². The first-order chi connectivity index (χ1) is 23.3. The van der Waals surface area contributed by atoms with Gasteiger partial charge in [0, 0.05) is 103 Å². The average molecular weight is 645 g/mol. The Morgan fingerprint density at radius 2 is 1.67 bits per heavy atom. The van der Waals surface area contributed by atoms with E-state index in [4.69, 9.17) is 9.47 Å². The van der Waals surface area contributed by atoms with Crippen LogP contribution >= 0.6 is 0 Å². The summed E-state index contributed by atoms with van der Waals surface area (Å²) in [4.78, 5) is 5.42. The summed E-state index contributed by atoms with van der Waals surface area (Å²) in [6.45, 7) is 6.49. The fourth-order valence-corrected chi connectivity index (χ4v) is 12.9. The van der Waals surface area contributed by atoms with Crippen molar-refractivity contribution >= 4 is 21.8 Å². The maximum Gasteiger partial charge on any atom is 0.211 e. The van der Waals surface area contributed by atoms with E-state index >= 15 is 0 Å². The molecule has 0 spiro atoms. The van der Waals surface area contributed by atoms with E-state index in [9.17, 15) is 5.11 Å². The van der Waals surface area contributed by atoms with Crippen molar-refractivity contribution in [1.29, 1.82) is 0 Å². The predicted molar refractivity (Wildman–Crippen MR) is 187 cm³/mol. The van der Waals surface area contributed by atoms with Gasteiger partial charge >= 0.3 is 0 Å². The number of fused-ring (bicyclic) bond motifs is 16. The smallest absolute Gasteiger partial charge is 0.211 e. The fourth-order valence-electron chi connectivity index (χ4n) is 12.9. The molecule has 8 aliphatic heterocycles. The lowest BCUT2D eigenvalue weighted by Crippen LogP contribution is -2.64. The summed E-state index contributed by atoms with van der Waals surface area (Å²) in [5, 5.41) is 13.5. The van der Waals surface area contributed by atoms with E-state index < -0.39 is 5.79 Å². The summed E-state index contributed by atoms with van der Waals surface area (Å²) < 4.78 is 19.0. The number of hydrogen-bond acceptors (Lipinski definition) is 5. The van der Waals surface area contributed by atoms with Gasteiger partial charge < -0.3 is 23.7 Å². The van der Waals surface area contributed by atoms with Gasteiger partial charge in [-0.2, -0.15) is 0 Å². The van der Waals surface area contributed by atoms with Crippen molar-refractivity contribution in [2.75, 3.05) is 26.8 Å². The number of aliphatic hydroxyl groups excluding tert-OH is 1. The first kappa shape index (κ1) is 28.7. The summed E-state index contributed by atoms with van der Waals surface area (Å²) in [5.41, 5.74) is 11.8. The van der Waals surface area contributed by atoms with Gasteiger partial charge in [-0.3, -0.25) is 9.80 Å². The predicted octanol–water partition coefficient (Wildman–Crippen LogP) is 6.06. The molecule has 7 heteroatoms. The average Bonchev–Trinajstić information content (AvgIpc) is 3.53. The Morgan fingerprint density at radius 1 is 0.875 bits per heavy atom. The second-order valence-electron chi connectivity index (χ2n) is 16.6. The molecule has 250 valence electrons. The minimum atomic E-state index is -0.616. The van der Waals surface area contributed by atoms with Crippen LogP contribution in [0.5, 0.6) is 5.75 Å². The molecule has 0 radical (unpaired) electrons. The number of para-hydroxylation sites is 1. The molecular weight excluding hydrogens is 596 g/mol. The van der Waals surface area contributed by atoms with Gasteiger partial charge in [0.25, 0.3) is 0 Å². The fraction of sp³-hybridized carbons (Fsp3) is 0.561. The summed E-state index contributed by atoms with van der Waals surface area (Å²) in [7, 11) is 6.94. The molecule has 5 fully saturated rings. The molecule has 2 aromatic carbocycles. The van der Waals surface area contributed by atoms with E-state index in [0.29, 0.717) is 53.8 Å². The van der Waals surface area contributed by atoms with Crippen LogP contribution in [0, 0.1) is 29.6 Å². The van der Waals surface area contributed by atoms with E-state index in [1.807, 2.05) is 0 Å². The molecule has 6 bridgehead atoms. The molecule has 10 heterocycles. The van der Waals surface area contributed by atoms with Crippen LogP contribution < -0.4 is 4.74 Å². The highest BCUT2D eigenvalue weighted by Crippen LogP contribution is 2.59. The second kappa shape index (κ2) is 9.57. The number of aliphatic hydroxyl groups is 1. The summed E-state index contributed by atoms with van der Waals surface area (Å²) in [6, 6.07) is 15.2. The summed E-state index contributed by atoms with van der Waals surface area (Å²) >= 11 is 0. The minimum absolute atomic E-state index is 0.271. The van der Waals surface area contributed by atoms with E-state index in [-0.39, 0.29) is 6.61 Å². The Bertz CT molecular complexity index is 2070. The number of ether oxygens (including phenoxy) is 2. The van der Waals surface area contributed by atoms with Crippen molar-refractivity contribution in [3.05, 3.63) is 76.1 Å². The molecule has 5 saturated heterocycles. The Morgan fingerprint density at radius 3 is 2.50 bits per heavy atom. The Kier molecular flexibility index (Phi) is 5.72. The van der Waals surface area contributed by atoms with Crippen molar-refractivity contribution in [2.24, 2.45) is 43.7 Å². The Hall–Kier alpha value is -3.10. The monoisotopic (exact) mass is 644 g/mol. The Balaban J connectivity index is 1.02. The quantitative estimate of drug-likeness (QED) is 0.256. The topological polar surface area (TPSA) is 55.0 Å². The van der Waals surface area contributed by atoms with Gasteiger partial charge in [0.05, 0.1) is 18.7 Å². The normalized spacial score (nSPS) is 39.9.